The first-order chi connectivity index (χ1) is 10.6. The van der Waals surface area contributed by atoms with Gasteiger partial charge in [0.05, 0.1) is 12.5 Å². The Morgan fingerprint density at radius 3 is 2.55 bits per heavy atom. The van der Waals surface area contributed by atoms with Gasteiger partial charge in [0.1, 0.15) is 5.76 Å². The zero-order valence-corrected chi connectivity index (χ0v) is 13.2. The van der Waals surface area contributed by atoms with E-state index in [-0.39, 0.29) is 24.7 Å². The number of benzene rings is 1. The number of rotatable bonds is 6. The molecule has 0 bridgehead atoms. The number of hydrazone groups is 1. The molecular formula is C15H14BrN3O3. The third-order valence-corrected chi connectivity index (χ3v) is 3.16. The Kier molecular flexibility index (Phi) is 5.91. The highest BCUT2D eigenvalue weighted by Gasteiger charge is 2.06. The highest BCUT2D eigenvalue weighted by molar-refractivity contribution is 9.10. The predicted octanol–water partition coefficient (Wildman–Crippen LogP) is 2.91. The minimum absolute atomic E-state index is 0.0534. The van der Waals surface area contributed by atoms with Crippen molar-refractivity contribution in [3.8, 4) is 0 Å². The summed E-state index contributed by atoms with van der Waals surface area (Å²) in [5.74, 6) is -0.0328. The van der Waals surface area contributed by atoms with Gasteiger partial charge in [0, 0.05) is 23.0 Å². The van der Waals surface area contributed by atoms with E-state index in [1.165, 1.54) is 12.5 Å². The summed E-state index contributed by atoms with van der Waals surface area (Å²) in [7, 11) is 0. The molecule has 114 valence electrons. The van der Waals surface area contributed by atoms with Crippen molar-refractivity contribution < 1.29 is 14.0 Å². The number of anilines is 1. The van der Waals surface area contributed by atoms with Gasteiger partial charge in [-0.05, 0) is 36.4 Å². The van der Waals surface area contributed by atoms with Crippen LogP contribution in [0.3, 0.4) is 0 Å². The predicted molar refractivity (Wildman–Crippen MR) is 86.5 cm³/mol. The van der Waals surface area contributed by atoms with E-state index in [2.05, 4.69) is 31.8 Å². The van der Waals surface area contributed by atoms with Gasteiger partial charge in [-0.1, -0.05) is 15.9 Å². The van der Waals surface area contributed by atoms with Crippen LogP contribution < -0.4 is 10.7 Å². The highest BCUT2D eigenvalue weighted by Crippen LogP contribution is 2.14. The molecule has 0 aliphatic carbocycles. The SMILES string of the molecule is O=C(CCC(=O)Nc1ccc(Br)cc1)NN=Cc1ccco1. The van der Waals surface area contributed by atoms with Crippen molar-refractivity contribution in [3.05, 3.63) is 52.9 Å². The van der Waals surface area contributed by atoms with Crippen LogP contribution in [0.25, 0.3) is 0 Å². The van der Waals surface area contributed by atoms with Crippen molar-refractivity contribution in [2.45, 2.75) is 12.8 Å². The smallest absolute Gasteiger partial charge is 0.240 e. The van der Waals surface area contributed by atoms with E-state index in [9.17, 15) is 9.59 Å². The molecule has 2 amide bonds. The second kappa shape index (κ2) is 8.14. The molecule has 0 aliphatic heterocycles. The van der Waals surface area contributed by atoms with E-state index in [1.54, 1.807) is 24.3 Å². The minimum Gasteiger partial charge on any atom is -0.463 e. The molecule has 0 atom stereocenters. The number of nitrogens with zero attached hydrogens (tertiary/aromatic N) is 1. The molecule has 0 spiro atoms. The fourth-order valence-electron chi connectivity index (χ4n) is 1.57. The summed E-state index contributed by atoms with van der Waals surface area (Å²) in [6.45, 7) is 0. The Hall–Kier alpha value is -2.41. The van der Waals surface area contributed by atoms with Gasteiger partial charge >= 0.3 is 0 Å². The van der Waals surface area contributed by atoms with Gasteiger partial charge in [0.25, 0.3) is 0 Å². The summed E-state index contributed by atoms with van der Waals surface area (Å²) in [5.41, 5.74) is 3.02. The first kappa shape index (κ1) is 16.0. The Balaban J connectivity index is 1.69. The number of hydrogen-bond donors (Lipinski definition) is 2. The Morgan fingerprint density at radius 2 is 1.86 bits per heavy atom. The molecule has 0 radical (unpaired) electrons. The number of halogens is 1. The monoisotopic (exact) mass is 363 g/mol. The van der Waals surface area contributed by atoms with Crippen LogP contribution in [0.15, 0.2) is 56.7 Å². The van der Waals surface area contributed by atoms with E-state index in [0.29, 0.717) is 11.4 Å². The first-order valence-corrected chi connectivity index (χ1v) is 7.33. The van der Waals surface area contributed by atoms with Gasteiger partial charge in [-0.25, -0.2) is 5.43 Å². The molecule has 0 saturated heterocycles. The third kappa shape index (κ3) is 5.53. The summed E-state index contributed by atoms with van der Waals surface area (Å²) in [4.78, 5) is 23.2. The molecule has 6 nitrogen and oxygen atoms in total. The standard InChI is InChI=1S/C15H14BrN3O3/c16-11-3-5-12(6-4-11)18-14(20)7-8-15(21)19-17-10-13-2-1-9-22-13/h1-6,9-10H,7-8H2,(H,18,20)(H,19,21). The average molecular weight is 364 g/mol. The number of carbonyl (C=O) groups is 2. The molecule has 1 heterocycles. The van der Waals surface area contributed by atoms with Crippen LogP contribution in [0.5, 0.6) is 0 Å². The molecule has 7 heteroatoms. The summed E-state index contributed by atoms with van der Waals surface area (Å²) in [6, 6.07) is 10.6. The van der Waals surface area contributed by atoms with Gasteiger partial charge in [0.15, 0.2) is 0 Å². The maximum atomic E-state index is 11.7. The minimum atomic E-state index is -0.339. The van der Waals surface area contributed by atoms with Gasteiger partial charge < -0.3 is 9.73 Å². The Bertz CT molecular complexity index is 651. The van der Waals surface area contributed by atoms with Crippen LogP contribution in [0.1, 0.15) is 18.6 Å². The van der Waals surface area contributed by atoms with E-state index >= 15 is 0 Å². The lowest BCUT2D eigenvalue weighted by atomic mass is 10.2. The molecule has 1 aromatic heterocycles. The van der Waals surface area contributed by atoms with Crippen LogP contribution in [-0.4, -0.2) is 18.0 Å². The van der Waals surface area contributed by atoms with E-state index < -0.39 is 0 Å². The fraction of sp³-hybridized carbons (Fsp3) is 0.133. The Morgan fingerprint density at radius 1 is 1.14 bits per heavy atom. The number of carbonyl (C=O) groups excluding carboxylic acids is 2. The fourth-order valence-corrected chi connectivity index (χ4v) is 1.84. The van der Waals surface area contributed by atoms with E-state index in [4.69, 9.17) is 4.42 Å². The lowest BCUT2D eigenvalue weighted by Gasteiger charge is -2.04. The molecule has 2 rings (SSSR count). The number of amides is 2. The summed E-state index contributed by atoms with van der Waals surface area (Å²) in [6.07, 6.45) is 3.03. The molecule has 0 aliphatic rings. The number of hydrogen-bond acceptors (Lipinski definition) is 4. The summed E-state index contributed by atoms with van der Waals surface area (Å²) >= 11 is 3.31. The average Bonchev–Trinajstić information content (AvgIpc) is 3.01. The second-order valence-corrected chi connectivity index (χ2v) is 5.28. The molecule has 0 unspecified atom stereocenters. The van der Waals surface area contributed by atoms with Crippen LogP contribution in [0.2, 0.25) is 0 Å². The maximum Gasteiger partial charge on any atom is 0.240 e. The van der Waals surface area contributed by atoms with Gasteiger partial charge in [-0.2, -0.15) is 5.10 Å². The largest absolute Gasteiger partial charge is 0.463 e. The Labute approximate surface area is 135 Å². The normalized spacial score (nSPS) is 10.6. The lowest BCUT2D eigenvalue weighted by molar-refractivity contribution is -0.124. The first-order valence-electron chi connectivity index (χ1n) is 6.54. The topological polar surface area (TPSA) is 83.7 Å². The molecule has 22 heavy (non-hydrogen) atoms. The van der Waals surface area contributed by atoms with Crippen molar-refractivity contribution in [1.82, 2.24) is 5.43 Å². The van der Waals surface area contributed by atoms with Gasteiger partial charge in [0.2, 0.25) is 11.8 Å². The summed E-state index contributed by atoms with van der Waals surface area (Å²) in [5, 5.41) is 6.44. The van der Waals surface area contributed by atoms with E-state index in [0.717, 1.165) is 4.47 Å². The van der Waals surface area contributed by atoms with E-state index in [1.807, 2.05) is 12.1 Å². The van der Waals surface area contributed by atoms with Crippen molar-refractivity contribution in [3.63, 3.8) is 0 Å². The van der Waals surface area contributed by atoms with Crippen LogP contribution in [0.4, 0.5) is 5.69 Å². The molecule has 2 N–H and O–H groups in total. The zero-order valence-electron chi connectivity index (χ0n) is 11.6. The quantitative estimate of drug-likeness (QED) is 0.611. The maximum absolute atomic E-state index is 11.7. The lowest BCUT2D eigenvalue weighted by Crippen LogP contribution is -2.20. The van der Waals surface area contributed by atoms with Crippen LogP contribution in [0, 0.1) is 0 Å². The van der Waals surface area contributed by atoms with Gasteiger partial charge in [-0.3, -0.25) is 9.59 Å². The highest BCUT2D eigenvalue weighted by atomic mass is 79.9. The van der Waals surface area contributed by atoms with Crippen LogP contribution in [-0.2, 0) is 9.59 Å². The van der Waals surface area contributed by atoms with Gasteiger partial charge in [-0.15, -0.1) is 0 Å². The van der Waals surface area contributed by atoms with Crippen molar-refractivity contribution in [2.24, 2.45) is 5.10 Å². The van der Waals surface area contributed by atoms with Crippen LogP contribution >= 0.6 is 15.9 Å². The zero-order chi connectivity index (χ0) is 15.8. The molecule has 1 aromatic carbocycles. The number of nitrogens with one attached hydrogen (secondary N) is 2. The third-order valence-electron chi connectivity index (χ3n) is 2.63. The van der Waals surface area contributed by atoms with Crippen molar-refractivity contribution in [2.75, 3.05) is 5.32 Å². The molecule has 2 aromatic rings. The van der Waals surface area contributed by atoms with Crippen molar-refractivity contribution in [1.29, 1.82) is 0 Å². The molecule has 0 fully saturated rings. The summed E-state index contributed by atoms with van der Waals surface area (Å²) < 4.78 is 5.95. The van der Waals surface area contributed by atoms with Crippen molar-refractivity contribution >= 4 is 39.6 Å². The number of furan rings is 1. The molecular weight excluding hydrogens is 350 g/mol. The molecule has 0 saturated carbocycles. The second-order valence-electron chi connectivity index (χ2n) is 4.36.